The molecule has 88 valence electrons. The van der Waals surface area contributed by atoms with Crippen molar-refractivity contribution in [3.63, 3.8) is 0 Å². The van der Waals surface area contributed by atoms with Crippen molar-refractivity contribution in [3.8, 4) is 5.75 Å². The first-order valence-electron chi connectivity index (χ1n) is 6.13. The van der Waals surface area contributed by atoms with Crippen molar-refractivity contribution < 1.29 is 5.11 Å². The fourth-order valence-corrected chi connectivity index (χ4v) is 2.34. The van der Waals surface area contributed by atoms with Gasteiger partial charge in [-0.05, 0) is 53.9 Å². The molecule has 2 heteroatoms. The molecule has 1 aromatic carbocycles. The molecule has 2 rings (SSSR count). The summed E-state index contributed by atoms with van der Waals surface area (Å²) in [5.41, 5.74) is 8.69. The fraction of sp³-hybridized carbons (Fsp3) is 0.571. The maximum absolute atomic E-state index is 10.3. The highest BCUT2D eigenvalue weighted by Crippen LogP contribution is 2.46. The Bertz CT molecular complexity index is 394. The van der Waals surface area contributed by atoms with Crippen molar-refractivity contribution in [3.05, 3.63) is 23.3 Å². The minimum atomic E-state index is 0.314. The van der Waals surface area contributed by atoms with Gasteiger partial charge in [0, 0.05) is 5.69 Å². The van der Waals surface area contributed by atoms with Gasteiger partial charge in [0.1, 0.15) is 5.75 Å². The predicted molar refractivity (Wildman–Crippen MR) is 67.7 cm³/mol. The number of anilines is 1. The normalized spacial score (nSPS) is 17.8. The molecule has 1 aromatic rings. The first kappa shape index (κ1) is 11.3. The molecule has 0 heterocycles. The molecule has 0 amide bonds. The lowest BCUT2D eigenvalue weighted by molar-refractivity contribution is 0.449. The Labute approximate surface area is 97.5 Å². The van der Waals surface area contributed by atoms with Gasteiger partial charge in [-0.2, -0.15) is 0 Å². The Hall–Kier alpha value is -1.18. The number of nitrogen functional groups attached to an aromatic ring is 1. The molecule has 3 N–H and O–H groups in total. The molecule has 2 nitrogen and oxygen atoms in total. The summed E-state index contributed by atoms with van der Waals surface area (Å²) in [5, 5.41) is 10.3. The van der Waals surface area contributed by atoms with Crippen molar-refractivity contribution >= 4 is 5.69 Å². The van der Waals surface area contributed by atoms with Crippen LogP contribution in [0, 0.1) is 5.92 Å². The third-order valence-corrected chi connectivity index (χ3v) is 3.63. The van der Waals surface area contributed by atoms with E-state index >= 15 is 0 Å². The van der Waals surface area contributed by atoms with Crippen molar-refractivity contribution in [2.24, 2.45) is 5.92 Å². The van der Waals surface area contributed by atoms with Gasteiger partial charge in [-0.25, -0.2) is 0 Å². The van der Waals surface area contributed by atoms with Crippen LogP contribution in [-0.4, -0.2) is 5.11 Å². The Balaban J connectivity index is 2.43. The zero-order valence-corrected chi connectivity index (χ0v) is 10.3. The molecule has 1 atom stereocenters. The van der Waals surface area contributed by atoms with E-state index in [4.69, 9.17) is 5.73 Å². The van der Waals surface area contributed by atoms with Crippen LogP contribution in [0.3, 0.4) is 0 Å². The topological polar surface area (TPSA) is 46.2 Å². The average Bonchev–Trinajstić information content (AvgIpc) is 3.03. The standard InChI is InChI=1S/C14H21NO/c1-8(2)12-6-11(15)7-13(14(12)16)9(3)10-4-5-10/h6-10,16H,4-5,15H2,1-3H3/t9-/m0/s1. The van der Waals surface area contributed by atoms with Gasteiger partial charge < -0.3 is 10.8 Å². The molecular weight excluding hydrogens is 198 g/mol. The Kier molecular flexibility index (Phi) is 2.83. The maximum atomic E-state index is 10.3. The van der Waals surface area contributed by atoms with Gasteiger partial charge >= 0.3 is 0 Å². The number of rotatable bonds is 3. The van der Waals surface area contributed by atoms with Crippen LogP contribution in [0.1, 0.15) is 56.6 Å². The summed E-state index contributed by atoms with van der Waals surface area (Å²) in [4.78, 5) is 0. The highest BCUT2D eigenvalue weighted by Gasteiger charge is 2.31. The van der Waals surface area contributed by atoms with E-state index in [0.717, 1.165) is 22.7 Å². The molecule has 0 spiro atoms. The second-order valence-electron chi connectivity index (χ2n) is 5.33. The van der Waals surface area contributed by atoms with Crippen molar-refractivity contribution in [1.82, 2.24) is 0 Å². The van der Waals surface area contributed by atoms with Gasteiger partial charge in [-0.1, -0.05) is 20.8 Å². The van der Waals surface area contributed by atoms with Crippen LogP contribution in [0.5, 0.6) is 5.75 Å². The molecule has 0 aliphatic heterocycles. The van der Waals surface area contributed by atoms with Crippen LogP contribution >= 0.6 is 0 Å². The summed E-state index contributed by atoms with van der Waals surface area (Å²) in [5.74, 6) is 1.95. The smallest absolute Gasteiger partial charge is 0.122 e. The molecule has 1 aliphatic carbocycles. The second-order valence-corrected chi connectivity index (χ2v) is 5.33. The van der Waals surface area contributed by atoms with Crippen molar-refractivity contribution in [1.29, 1.82) is 0 Å². The van der Waals surface area contributed by atoms with Crippen LogP contribution in [-0.2, 0) is 0 Å². The largest absolute Gasteiger partial charge is 0.507 e. The van der Waals surface area contributed by atoms with Crippen LogP contribution in [0.25, 0.3) is 0 Å². The highest BCUT2D eigenvalue weighted by molar-refractivity contribution is 5.55. The second kappa shape index (κ2) is 4.00. The SMILES string of the molecule is CC(C)c1cc(N)cc([C@@H](C)C2CC2)c1O. The van der Waals surface area contributed by atoms with Gasteiger partial charge in [0.25, 0.3) is 0 Å². The summed E-state index contributed by atoms with van der Waals surface area (Å²) in [6.07, 6.45) is 2.57. The van der Waals surface area contributed by atoms with Gasteiger partial charge in [0.05, 0.1) is 0 Å². The lowest BCUT2D eigenvalue weighted by Gasteiger charge is -2.18. The Morgan fingerprint density at radius 3 is 2.25 bits per heavy atom. The van der Waals surface area contributed by atoms with Crippen molar-refractivity contribution in [2.75, 3.05) is 5.73 Å². The molecule has 0 saturated heterocycles. The number of nitrogens with two attached hydrogens (primary N) is 1. The van der Waals surface area contributed by atoms with E-state index < -0.39 is 0 Å². The Morgan fingerprint density at radius 2 is 1.75 bits per heavy atom. The molecule has 1 saturated carbocycles. The number of hydrogen-bond acceptors (Lipinski definition) is 2. The summed E-state index contributed by atoms with van der Waals surface area (Å²) in [6, 6.07) is 3.83. The lowest BCUT2D eigenvalue weighted by Crippen LogP contribution is -2.02. The molecule has 0 bridgehead atoms. The van der Waals surface area contributed by atoms with E-state index in [1.54, 1.807) is 0 Å². The van der Waals surface area contributed by atoms with Gasteiger partial charge in [0.15, 0.2) is 0 Å². The first-order valence-corrected chi connectivity index (χ1v) is 6.13. The maximum Gasteiger partial charge on any atom is 0.122 e. The molecule has 16 heavy (non-hydrogen) atoms. The first-order chi connectivity index (χ1) is 7.50. The molecule has 1 aliphatic rings. The predicted octanol–water partition coefficient (Wildman–Crippen LogP) is 3.61. The van der Waals surface area contributed by atoms with Gasteiger partial charge in [-0.3, -0.25) is 0 Å². The van der Waals surface area contributed by atoms with E-state index in [1.807, 2.05) is 12.1 Å². The summed E-state index contributed by atoms with van der Waals surface area (Å²) < 4.78 is 0. The van der Waals surface area contributed by atoms with E-state index in [9.17, 15) is 5.11 Å². The van der Waals surface area contributed by atoms with Gasteiger partial charge in [-0.15, -0.1) is 0 Å². The van der Waals surface area contributed by atoms with Crippen LogP contribution < -0.4 is 5.73 Å². The monoisotopic (exact) mass is 219 g/mol. The third-order valence-electron chi connectivity index (χ3n) is 3.63. The van der Waals surface area contributed by atoms with E-state index in [0.29, 0.717) is 17.6 Å². The minimum Gasteiger partial charge on any atom is -0.507 e. The number of benzene rings is 1. The Morgan fingerprint density at radius 1 is 1.19 bits per heavy atom. The summed E-state index contributed by atoms with van der Waals surface area (Å²) >= 11 is 0. The molecule has 1 fully saturated rings. The van der Waals surface area contributed by atoms with Crippen LogP contribution in [0.2, 0.25) is 0 Å². The molecule has 0 radical (unpaired) electrons. The summed E-state index contributed by atoms with van der Waals surface area (Å²) in [6.45, 7) is 6.36. The fourth-order valence-electron chi connectivity index (χ4n) is 2.34. The van der Waals surface area contributed by atoms with E-state index in [2.05, 4.69) is 20.8 Å². The van der Waals surface area contributed by atoms with E-state index in [1.165, 1.54) is 12.8 Å². The molecule has 0 unspecified atom stereocenters. The summed E-state index contributed by atoms with van der Waals surface area (Å²) in [7, 11) is 0. The van der Waals surface area contributed by atoms with Gasteiger partial charge in [0.2, 0.25) is 0 Å². The molecule has 0 aromatic heterocycles. The van der Waals surface area contributed by atoms with Crippen LogP contribution in [0.4, 0.5) is 5.69 Å². The quantitative estimate of drug-likeness (QED) is 0.602. The lowest BCUT2D eigenvalue weighted by atomic mass is 9.90. The minimum absolute atomic E-state index is 0.314. The highest BCUT2D eigenvalue weighted by atomic mass is 16.3. The average molecular weight is 219 g/mol. The van der Waals surface area contributed by atoms with Crippen LogP contribution in [0.15, 0.2) is 12.1 Å². The number of phenols is 1. The van der Waals surface area contributed by atoms with E-state index in [-0.39, 0.29) is 0 Å². The number of phenolic OH excluding ortho intramolecular Hbond substituents is 1. The number of hydrogen-bond donors (Lipinski definition) is 2. The zero-order chi connectivity index (χ0) is 11.9. The zero-order valence-electron chi connectivity index (χ0n) is 10.3. The van der Waals surface area contributed by atoms with Crippen molar-refractivity contribution in [2.45, 2.75) is 45.4 Å². The number of aromatic hydroxyl groups is 1. The molecular formula is C14H21NO. The third kappa shape index (κ3) is 2.01.